The van der Waals surface area contributed by atoms with Gasteiger partial charge in [-0.15, -0.1) is 0 Å². The van der Waals surface area contributed by atoms with Gasteiger partial charge in [0.2, 0.25) is 0 Å². The molecular formula is C8H13BrO3. The van der Waals surface area contributed by atoms with Crippen LogP contribution in [0.2, 0.25) is 0 Å². The first-order valence-electron chi connectivity index (χ1n) is 3.85. The van der Waals surface area contributed by atoms with E-state index in [1.165, 1.54) is 6.92 Å². The van der Waals surface area contributed by atoms with Crippen LogP contribution in [0, 0.1) is 0 Å². The number of alkyl halides is 1. The van der Waals surface area contributed by atoms with Crippen molar-refractivity contribution >= 4 is 27.7 Å². The third-order valence-electron chi connectivity index (χ3n) is 1.20. The highest BCUT2D eigenvalue weighted by atomic mass is 79.9. The van der Waals surface area contributed by atoms with Crippen LogP contribution in [0.15, 0.2) is 0 Å². The van der Waals surface area contributed by atoms with Crippen LogP contribution in [0.3, 0.4) is 0 Å². The Morgan fingerprint density at radius 2 is 2.00 bits per heavy atom. The van der Waals surface area contributed by atoms with Crippen molar-refractivity contribution in [3.63, 3.8) is 0 Å². The molecule has 0 heterocycles. The molecule has 0 radical (unpaired) electrons. The van der Waals surface area contributed by atoms with Gasteiger partial charge >= 0.3 is 5.97 Å². The first-order chi connectivity index (χ1) is 5.56. The lowest BCUT2D eigenvalue weighted by Gasteiger charge is -2.05. The zero-order valence-corrected chi connectivity index (χ0v) is 8.89. The number of rotatable bonds is 5. The zero-order chi connectivity index (χ0) is 9.56. The summed E-state index contributed by atoms with van der Waals surface area (Å²) in [5.41, 5.74) is 0. The van der Waals surface area contributed by atoms with E-state index in [0.717, 1.165) is 0 Å². The average Bonchev–Trinajstić information content (AvgIpc) is 1.84. The largest absolute Gasteiger partial charge is 0.466 e. The minimum absolute atomic E-state index is 0.0705. The molecule has 0 aliphatic carbocycles. The van der Waals surface area contributed by atoms with Crippen LogP contribution >= 0.6 is 15.9 Å². The average molecular weight is 237 g/mol. The van der Waals surface area contributed by atoms with E-state index in [2.05, 4.69) is 15.9 Å². The summed E-state index contributed by atoms with van der Waals surface area (Å²) in [5, 5.41) is 0. The minimum Gasteiger partial charge on any atom is -0.466 e. The lowest BCUT2D eigenvalue weighted by atomic mass is 10.2. The van der Waals surface area contributed by atoms with Crippen molar-refractivity contribution in [3.8, 4) is 0 Å². The Balaban J connectivity index is 3.61. The molecule has 0 spiro atoms. The number of ketones is 1. The van der Waals surface area contributed by atoms with E-state index in [1.54, 1.807) is 6.92 Å². The molecule has 0 aromatic carbocycles. The molecule has 0 amide bonds. The van der Waals surface area contributed by atoms with Crippen molar-refractivity contribution in [2.45, 2.75) is 31.5 Å². The third-order valence-corrected chi connectivity index (χ3v) is 1.85. The van der Waals surface area contributed by atoms with Crippen molar-refractivity contribution in [1.82, 2.24) is 0 Å². The summed E-state index contributed by atoms with van der Waals surface area (Å²) in [5.74, 6) is -0.193. The SMILES string of the molecule is CCOC(=O)CC(Br)CC(C)=O. The monoisotopic (exact) mass is 236 g/mol. The lowest BCUT2D eigenvalue weighted by molar-refractivity contribution is -0.143. The van der Waals surface area contributed by atoms with Crippen molar-refractivity contribution in [1.29, 1.82) is 0 Å². The molecule has 0 aliphatic rings. The maximum absolute atomic E-state index is 10.9. The summed E-state index contributed by atoms with van der Waals surface area (Å²) in [6.45, 7) is 3.64. The van der Waals surface area contributed by atoms with Gasteiger partial charge in [0.15, 0.2) is 0 Å². The lowest BCUT2D eigenvalue weighted by Crippen LogP contribution is -2.13. The Kier molecular flexibility index (Phi) is 5.98. The second-order valence-electron chi connectivity index (χ2n) is 2.51. The fraction of sp³-hybridized carbons (Fsp3) is 0.750. The van der Waals surface area contributed by atoms with Gasteiger partial charge in [0.1, 0.15) is 5.78 Å². The molecule has 0 rings (SSSR count). The third kappa shape index (κ3) is 6.34. The van der Waals surface area contributed by atoms with Crippen LogP contribution in [0.25, 0.3) is 0 Å². The summed E-state index contributed by atoms with van der Waals surface area (Å²) < 4.78 is 4.71. The molecule has 0 aromatic rings. The second kappa shape index (κ2) is 6.17. The highest BCUT2D eigenvalue weighted by Gasteiger charge is 2.12. The normalized spacial score (nSPS) is 12.2. The molecule has 0 N–H and O–H groups in total. The van der Waals surface area contributed by atoms with Crippen LogP contribution < -0.4 is 0 Å². The smallest absolute Gasteiger partial charge is 0.306 e. The number of carbonyl (C=O) groups excluding carboxylic acids is 2. The molecule has 4 heteroatoms. The topological polar surface area (TPSA) is 43.4 Å². The van der Waals surface area contributed by atoms with E-state index in [-0.39, 0.29) is 23.0 Å². The number of carbonyl (C=O) groups is 2. The van der Waals surface area contributed by atoms with E-state index in [9.17, 15) is 9.59 Å². The number of halogens is 1. The summed E-state index contributed by atoms with van der Waals surface area (Å²) in [4.78, 5) is 21.4. The molecule has 1 unspecified atom stereocenters. The van der Waals surface area contributed by atoms with Gasteiger partial charge in [-0.25, -0.2) is 0 Å². The van der Waals surface area contributed by atoms with Gasteiger partial charge in [-0.1, -0.05) is 15.9 Å². The summed E-state index contributed by atoms with van der Waals surface area (Å²) in [6.07, 6.45) is 0.631. The number of hydrogen-bond donors (Lipinski definition) is 0. The van der Waals surface area contributed by atoms with E-state index < -0.39 is 0 Å². The fourth-order valence-corrected chi connectivity index (χ4v) is 1.51. The molecule has 0 fully saturated rings. The molecule has 70 valence electrons. The maximum Gasteiger partial charge on any atom is 0.306 e. The summed E-state index contributed by atoms with van der Waals surface area (Å²) >= 11 is 3.23. The van der Waals surface area contributed by atoms with Crippen molar-refractivity contribution < 1.29 is 14.3 Å². The molecule has 0 aromatic heterocycles. The van der Waals surface area contributed by atoms with Crippen LogP contribution in [-0.2, 0) is 14.3 Å². The molecule has 1 atom stereocenters. The van der Waals surface area contributed by atoms with Gasteiger partial charge < -0.3 is 4.74 Å². The first-order valence-corrected chi connectivity index (χ1v) is 4.77. The molecule has 0 aliphatic heterocycles. The summed E-state index contributed by atoms with van der Waals surface area (Å²) in [7, 11) is 0. The van der Waals surface area contributed by atoms with Crippen LogP contribution in [0.5, 0.6) is 0 Å². The Morgan fingerprint density at radius 3 is 2.42 bits per heavy atom. The minimum atomic E-state index is -0.263. The Morgan fingerprint density at radius 1 is 1.42 bits per heavy atom. The van der Waals surface area contributed by atoms with Gasteiger partial charge in [0, 0.05) is 11.2 Å². The van der Waals surface area contributed by atoms with Crippen LogP contribution in [-0.4, -0.2) is 23.2 Å². The predicted octanol–water partition coefficient (Wildman–Crippen LogP) is 1.68. The highest BCUT2D eigenvalue weighted by molar-refractivity contribution is 9.09. The number of hydrogen-bond acceptors (Lipinski definition) is 3. The van der Waals surface area contributed by atoms with Gasteiger partial charge in [-0.2, -0.15) is 0 Å². The van der Waals surface area contributed by atoms with E-state index >= 15 is 0 Å². The Hall–Kier alpha value is -0.380. The van der Waals surface area contributed by atoms with E-state index in [0.29, 0.717) is 13.0 Å². The van der Waals surface area contributed by atoms with E-state index in [4.69, 9.17) is 4.74 Å². The Labute approximate surface area is 80.6 Å². The van der Waals surface area contributed by atoms with Crippen LogP contribution in [0.4, 0.5) is 0 Å². The molecule has 0 bridgehead atoms. The predicted molar refractivity (Wildman–Crippen MR) is 49.3 cm³/mol. The van der Waals surface area contributed by atoms with Gasteiger partial charge in [-0.3, -0.25) is 9.59 Å². The number of ether oxygens (including phenoxy) is 1. The molecule has 12 heavy (non-hydrogen) atoms. The molecular weight excluding hydrogens is 224 g/mol. The second-order valence-corrected chi connectivity index (χ2v) is 3.81. The molecule has 0 saturated carbocycles. The summed E-state index contributed by atoms with van der Waals surface area (Å²) in [6, 6.07) is 0. The maximum atomic E-state index is 10.9. The van der Waals surface area contributed by atoms with Crippen LogP contribution in [0.1, 0.15) is 26.7 Å². The van der Waals surface area contributed by atoms with Gasteiger partial charge in [0.05, 0.1) is 13.0 Å². The quantitative estimate of drug-likeness (QED) is 0.539. The van der Waals surface area contributed by atoms with Crippen molar-refractivity contribution in [2.75, 3.05) is 6.61 Å². The molecule has 0 saturated heterocycles. The van der Waals surface area contributed by atoms with Gasteiger partial charge in [0.25, 0.3) is 0 Å². The first kappa shape index (κ1) is 11.6. The Bertz CT molecular complexity index is 168. The van der Waals surface area contributed by atoms with Crippen molar-refractivity contribution in [3.05, 3.63) is 0 Å². The van der Waals surface area contributed by atoms with E-state index in [1.807, 2.05) is 0 Å². The standard InChI is InChI=1S/C8H13BrO3/c1-3-12-8(11)5-7(9)4-6(2)10/h7H,3-5H2,1-2H3. The van der Waals surface area contributed by atoms with Gasteiger partial charge in [-0.05, 0) is 13.8 Å². The molecule has 3 nitrogen and oxygen atoms in total. The fourth-order valence-electron chi connectivity index (χ4n) is 0.785. The number of esters is 1. The zero-order valence-electron chi connectivity index (χ0n) is 7.30. The van der Waals surface area contributed by atoms with Crippen molar-refractivity contribution in [2.24, 2.45) is 0 Å². The number of Topliss-reactive ketones (excluding diaryl/α,β-unsaturated/α-hetero) is 1. The highest BCUT2D eigenvalue weighted by Crippen LogP contribution is 2.11.